The number of rotatable bonds is 3. The van der Waals surface area contributed by atoms with Crippen molar-refractivity contribution < 1.29 is 23.2 Å². The molecule has 0 saturated carbocycles. The fourth-order valence-corrected chi connectivity index (χ4v) is 1.92. The summed E-state index contributed by atoms with van der Waals surface area (Å²) in [5, 5.41) is 2.42. The molecule has 0 aromatic carbocycles. The number of anilines is 1. The van der Waals surface area contributed by atoms with E-state index in [2.05, 4.69) is 10.3 Å². The number of morpholine rings is 1. The van der Waals surface area contributed by atoms with Gasteiger partial charge in [0.25, 0.3) is 11.8 Å². The Bertz CT molecular complexity index is 628. The van der Waals surface area contributed by atoms with E-state index >= 15 is 0 Å². The van der Waals surface area contributed by atoms with Crippen molar-refractivity contribution in [3.8, 4) is 0 Å². The van der Waals surface area contributed by atoms with Crippen LogP contribution in [-0.4, -0.2) is 48.0 Å². The van der Waals surface area contributed by atoms with E-state index in [0.29, 0.717) is 26.3 Å². The zero-order chi connectivity index (χ0) is 14.7. The average Bonchev–Trinajstić information content (AvgIpc) is 3.19. The molecule has 2 amide bonds. The van der Waals surface area contributed by atoms with Crippen LogP contribution in [-0.2, 0) is 4.74 Å². The molecule has 8 nitrogen and oxygen atoms in total. The highest BCUT2D eigenvalue weighted by Gasteiger charge is 2.22. The maximum absolute atomic E-state index is 12.1. The van der Waals surface area contributed by atoms with Gasteiger partial charge >= 0.3 is 6.01 Å². The van der Waals surface area contributed by atoms with Crippen molar-refractivity contribution in [3.05, 3.63) is 36.1 Å². The Kier molecular flexibility index (Phi) is 3.69. The second-order valence-electron chi connectivity index (χ2n) is 4.37. The van der Waals surface area contributed by atoms with E-state index in [9.17, 15) is 9.59 Å². The molecule has 0 radical (unpaired) electrons. The maximum atomic E-state index is 12.1. The molecular weight excluding hydrogens is 278 g/mol. The summed E-state index contributed by atoms with van der Waals surface area (Å²) >= 11 is 0. The Hall–Kier alpha value is -2.61. The maximum Gasteiger partial charge on any atom is 0.302 e. The van der Waals surface area contributed by atoms with Crippen LogP contribution in [0.1, 0.15) is 21.0 Å². The molecule has 0 spiro atoms. The van der Waals surface area contributed by atoms with Crippen molar-refractivity contribution in [2.24, 2.45) is 0 Å². The summed E-state index contributed by atoms with van der Waals surface area (Å²) < 4.78 is 15.2. The molecule has 0 unspecified atom stereocenters. The molecule has 0 bridgehead atoms. The van der Waals surface area contributed by atoms with Gasteiger partial charge in [0.2, 0.25) is 0 Å². The van der Waals surface area contributed by atoms with Crippen LogP contribution in [0.15, 0.2) is 33.5 Å². The number of oxazole rings is 1. The second-order valence-corrected chi connectivity index (χ2v) is 4.37. The zero-order valence-electron chi connectivity index (χ0n) is 11.1. The number of furan rings is 1. The lowest BCUT2D eigenvalue weighted by Crippen LogP contribution is -2.40. The van der Waals surface area contributed by atoms with Crippen molar-refractivity contribution in [2.75, 3.05) is 31.6 Å². The first kappa shape index (κ1) is 13.4. The van der Waals surface area contributed by atoms with E-state index in [1.54, 1.807) is 11.0 Å². The summed E-state index contributed by atoms with van der Waals surface area (Å²) in [7, 11) is 0. The molecule has 2 aromatic rings. The number of carbonyl (C=O) groups is 2. The van der Waals surface area contributed by atoms with Crippen LogP contribution < -0.4 is 5.32 Å². The number of hydrogen-bond donors (Lipinski definition) is 1. The third kappa shape index (κ3) is 2.95. The van der Waals surface area contributed by atoms with Crippen molar-refractivity contribution in [1.82, 2.24) is 9.88 Å². The number of nitrogens with one attached hydrogen (secondary N) is 1. The SMILES string of the molecule is O=C(Nc1nc(C(=O)N2CCOCC2)co1)c1ccco1. The first-order valence-corrected chi connectivity index (χ1v) is 6.41. The van der Waals surface area contributed by atoms with Crippen LogP contribution in [0, 0.1) is 0 Å². The van der Waals surface area contributed by atoms with Crippen LogP contribution in [0.4, 0.5) is 6.01 Å². The Labute approximate surface area is 119 Å². The van der Waals surface area contributed by atoms with E-state index in [4.69, 9.17) is 13.6 Å². The molecular formula is C13H13N3O5. The Morgan fingerprint density at radius 3 is 2.76 bits per heavy atom. The highest BCUT2D eigenvalue weighted by molar-refractivity contribution is 6.01. The topological polar surface area (TPSA) is 97.8 Å². The molecule has 1 N–H and O–H groups in total. The monoisotopic (exact) mass is 291 g/mol. The van der Waals surface area contributed by atoms with Crippen LogP contribution in [0.2, 0.25) is 0 Å². The van der Waals surface area contributed by atoms with Crippen LogP contribution in [0.5, 0.6) is 0 Å². The summed E-state index contributed by atoms with van der Waals surface area (Å²) in [6.07, 6.45) is 2.60. The third-order valence-electron chi connectivity index (χ3n) is 2.99. The van der Waals surface area contributed by atoms with Gasteiger partial charge in [-0.1, -0.05) is 0 Å². The molecule has 3 heterocycles. The molecule has 1 aliphatic rings. The standard InChI is InChI=1S/C13H13N3O5/c17-11(10-2-1-5-20-10)15-13-14-9(8-21-13)12(18)16-3-6-19-7-4-16/h1-2,5,8H,3-4,6-7H2,(H,14,15,17). The number of ether oxygens (including phenoxy) is 1. The number of carbonyl (C=O) groups excluding carboxylic acids is 2. The minimum atomic E-state index is -0.493. The summed E-state index contributed by atoms with van der Waals surface area (Å²) in [5.41, 5.74) is 0.145. The summed E-state index contributed by atoms with van der Waals surface area (Å²) in [5.74, 6) is -0.609. The van der Waals surface area contributed by atoms with Gasteiger partial charge in [-0.2, -0.15) is 4.98 Å². The van der Waals surface area contributed by atoms with Gasteiger partial charge in [-0.15, -0.1) is 0 Å². The molecule has 1 saturated heterocycles. The lowest BCUT2D eigenvalue weighted by atomic mass is 10.3. The minimum absolute atomic E-state index is 0.0481. The van der Waals surface area contributed by atoms with Gasteiger partial charge in [0.15, 0.2) is 11.5 Å². The zero-order valence-corrected chi connectivity index (χ0v) is 11.1. The van der Waals surface area contributed by atoms with Crippen molar-refractivity contribution in [3.63, 3.8) is 0 Å². The van der Waals surface area contributed by atoms with E-state index < -0.39 is 5.91 Å². The predicted octanol–water partition coefficient (Wildman–Crippen LogP) is 0.992. The molecule has 110 valence electrons. The predicted molar refractivity (Wildman–Crippen MR) is 69.9 cm³/mol. The van der Waals surface area contributed by atoms with Crippen molar-refractivity contribution in [2.45, 2.75) is 0 Å². The quantitative estimate of drug-likeness (QED) is 0.905. The van der Waals surface area contributed by atoms with Crippen molar-refractivity contribution >= 4 is 17.8 Å². The highest BCUT2D eigenvalue weighted by Crippen LogP contribution is 2.12. The Balaban J connectivity index is 1.65. The van der Waals surface area contributed by atoms with Gasteiger partial charge in [-0.25, -0.2) is 0 Å². The number of amides is 2. The molecule has 1 aliphatic heterocycles. The lowest BCUT2D eigenvalue weighted by molar-refractivity contribution is 0.0299. The van der Waals surface area contributed by atoms with E-state index in [-0.39, 0.29) is 23.4 Å². The largest absolute Gasteiger partial charge is 0.459 e. The minimum Gasteiger partial charge on any atom is -0.459 e. The van der Waals surface area contributed by atoms with Gasteiger partial charge in [-0.3, -0.25) is 14.9 Å². The van der Waals surface area contributed by atoms with E-state index in [1.165, 1.54) is 18.6 Å². The molecule has 8 heteroatoms. The van der Waals surface area contributed by atoms with Gasteiger partial charge in [-0.05, 0) is 12.1 Å². The Morgan fingerprint density at radius 1 is 1.24 bits per heavy atom. The first-order valence-electron chi connectivity index (χ1n) is 6.41. The molecule has 2 aromatic heterocycles. The lowest BCUT2D eigenvalue weighted by Gasteiger charge is -2.25. The van der Waals surface area contributed by atoms with Crippen LogP contribution in [0.3, 0.4) is 0 Å². The highest BCUT2D eigenvalue weighted by atomic mass is 16.5. The Morgan fingerprint density at radius 2 is 2.05 bits per heavy atom. The molecule has 0 atom stereocenters. The molecule has 3 rings (SSSR count). The van der Waals surface area contributed by atoms with Crippen LogP contribution in [0.25, 0.3) is 0 Å². The van der Waals surface area contributed by atoms with Gasteiger partial charge in [0.1, 0.15) is 6.26 Å². The molecule has 21 heavy (non-hydrogen) atoms. The van der Waals surface area contributed by atoms with Gasteiger partial charge in [0.05, 0.1) is 19.5 Å². The van der Waals surface area contributed by atoms with E-state index in [0.717, 1.165) is 0 Å². The molecule has 1 fully saturated rings. The number of hydrogen-bond acceptors (Lipinski definition) is 6. The fraction of sp³-hybridized carbons (Fsp3) is 0.308. The second kappa shape index (κ2) is 5.80. The number of nitrogens with zero attached hydrogens (tertiary/aromatic N) is 2. The van der Waals surface area contributed by atoms with Gasteiger partial charge < -0.3 is 18.5 Å². The van der Waals surface area contributed by atoms with E-state index in [1.807, 2.05) is 0 Å². The third-order valence-corrected chi connectivity index (χ3v) is 2.99. The molecule has 0 aliphatic carbocycles. The van der Waals surface area contributed by atoms with Crippen LogP contribution >= 0.6 is 0 Å². The first-order chi connectivity index (χ1) is 10.2. The summed E-state index contributed by atoms with van der Waals surface area (Å²) in [4.78, 5) is 29.5. The number of aromatic nitrogens is 1. The van der Waals surface area contributed by atoms with Crippen molar-refractivity contribution in [1.29, 1.82) is 0 Å². The normalized spacial score (nSPS) is 15.0. The smallest absolute Gasteiger partial charge is 0.302 e. The van der Waals surface area contributed by atoms with Gasteiger partial charge in [0, 0.05) is 13.1 Å². The summed E-state index contributed by atoms with van der Waals surface area (Å²) in [6.45, 7) is 2.04. The summed E-state index contributed by atoms with van der Waals surface area (Å²) in [6, 6.07) is 3.06. The average molecular weight is 291 g/mol. The fourth-order valence-electron chi connectivity index (χ4n) is 1.92.